The van der Waals surface area contributed by atoms with Crippen LogP contribution in [0.4, 0.5) is 0 Å². The van der Waals surface area contributed by atoms with Gasteiger partial charge in [0.1, 0.15) is 5.69 Å². The summed E-state index contributed by atoms with van der Waals surface area (Å²) in [6, 6.07) is 12.2. The van der Waals surface area contributed by atoms with Gasteiger partial charge in [0, 0.05) is 47.8 Å². The minimum atomic E-state index is -0.0606. The quantitative estimate of drug-likeness (QED) is 0.642. The molecular formula is C23H23ClN4O. The van der Waals surface area contributed by atoms with Crippen molar-refractivity contribution < 1.29 is 4.79 Å². The number of hydrogen-bond acceptors (Lipinski definition) is 4. The summed E-state index contributed by atoms with van der Waals surface area (Å²) in [5.41, 5.74) is 4.84. The van der Waals surface area contributed by atoms with Crippen LogP contribution in [0.25, 0.3) is 0 Å². The number of halogens is 1. The first-order valence-electron chi connectivity index (χ1n) is 9.85. The van der Waals surface area contributed by atoms with Gasteiger partial charge in [-0.2, -0.15) is 0 Å². The Balaban J connectivity index is 1.53. The van der Waals surface area contributed by atoms with E-state index in [0.29, 0.717) is 12.2 Å². The molecule has 1 aliphatic rings. The van der Waals surface area contributed by atoms with Crippen molar-refractivity contribution in [3.05, 3.63) is 88.2 Å². The lowest BCUT2D eigenvalue weighted by atomic mass is 9.92. The summed E-state index contributed by atoms with van der Waals surface area (Å²) in [4.78, 5) is 27.6. The Morgan fingerprint density at radius 2 is 2.10 bits per heavy atom. The fourth-order valence-electron chi connectivity index (χ4n) is 3.94. The van der Waals surface area contributed by atoms with Crippen LogP contribution in [0.5, 0.6) is 0 Å². The number of aromatic nitrogens is 3. The van der Waals surface area contributed by atoms with Crippen LogP contribution in [0.15, 0.2) is 55.0 Å². The first kappa shape index (κ1) is 19.5. The van der Waals surface area contributed by atoms with Crippen LogP contribution in [0.3, 0.4) is 0 Å². The van der Waals surface area contributed by atoms with E-state index in [1.807, 2.05) is 30.0 Å². The van der Waals surface area contributed by atoms with E-state index in [2.05, 4.69) is 28.2 Å². The van der Waals surface area contributed by atoms with Crippen LogP contribution in [0, 0.1) is 6.92 Å². The van der Waals surface area contributed by atoms with E-state index in [1.165, 1.54) is 17.3 Å². The Labute approximate surface area is 175 Å². The van der Waals surface area contributed by atoms with E-state index in [1.54, 1.807) is 12.4 Å². The number of carbonyl (C=O) groups is 1. The van der Waals surface area contributed by atoms with Crippen LogP contribution in [-0.4, -0.2) is 38.8 Å². The molecule has 1 aromatic carbocycles. The summed E-state index contributed by atoms with van der Waals surface area (Å²) in [5, 5.41) is 0.749. The van der Waals surface area contributed by atoms with E-state index >= 15 is 0 Å². The zero-order valence-corrected chi connectivity index (χ0v) is 17.1. The van der Waals surface area contributed by atoms with Gasteiger partial charge in [-0.05, 0) is 61.6 Å². The fraction of sp³-hybridized carbons (Fsp3) is 0.304. The first-order chi connectivity index (χ1) is 14.1. The Kier molecular flexibility index (Phi) is 5.86. The monoisotopic (exact) mass is 406 g/mol. The minimum absolute atomic E-state index is 0.0606. The van der Waals surface area contributed by atoms with E-state index in [0.717, 1.165) is 42.2 Å². The van der Waals surface area contributed by atoms with Gasteiger partial charge in [0.15, 0.2) is 0 Å². The standard InChI is InChI=1S/C23H23ClN4O/c1-16-10-18(11-17-4-2-6-20(24)12-17)13-21(27-16)19-5-3-9-28(15-19)23(29)22-14-25-7-8-26-22/h2,4,6-8,10,12-14,19H,3,5,9,11,15H2,1H3. The molecule has 0 aliphatic carbocycles. The van der Waals surface area contributed by atoms with Crippen molar-refractivity contribution in [2.24, 2.45) is 0 Å². The smallest absolute Gasteiger partial charge is 0.274 e. The molecule has 1 saturated heterocycles. The van der Waals surface area contributed by atoms with Gasteiger partial charge in [-0.1, -0.05) is 23.7 Å². The van der Waals surface area contributed by atoms with Crippen LogP contribution in [0.1, 0.15) is 51.8 Å². The zero-order valence-electron chi connectivity index (χ0n) is 16.4. The molecule has 4 rings (SSSR count). The van der Waals surface area contributed by atoms with Gasteiger partial charge in [0.25, 0.3) is 5.91 Å². The molecule has 0 saturated carbocycles. The third kappa shape index (κ3) is 4.80. The second kappa shape index (κ2) is 8.70. The van der Waals surface area contributed by atoms with Gasteiger partial charge < -0.3 is 4.90 Å². The number of amides is 1. The number of rotatable bonds is 4. The summed E-state index contributed by atoms with van der Waals surface area (Å²) in [6.45, 7) is 3.42. The summed E-state index contributed by atoms with van der Waals surface area (Å²) in [6.07, 6.45) is 7.45. The molecule has 1 amide bonds. The highest BCUT2D eigenvalue weighted by atomic mass is 35.5. The maximum Gasteiger partial charge on any atom is 0.274 e. The van der Waals surface area contributed by atoms with Gasteiger partial charge in [-0.3, -0.25) is 14.8 Å². The van der Waals surface area contributed by atoms with E-state index in [-0.39, 0.29) is 11.8 Å². The average molecular weight is 407 g/mol. The second-order valence-corrected chi connectivity index (χ2v) is 7.97. The topological polar surface area (TPSA) is 59.0 Å². The van der Waals surface area contributed by atoms with Gasteiger partial charge in [0.05, 0.1) is 6.20 Å². The number of pyridine rings is 1. The molecule has 1 unspecified atom stereocenters. The number of aryl methyl sites for hydroxylation is 1. The number of carbonyl (C=O) groups excluding carboxylic acids is 1. The molecule has 0 radical (unpaired) electrons. The van der Waals surface area contributed by atoms with Gasteiger partial charge in [-0.15, -0.1) is 0 Å². The van der Waals surface area contributed by atoms with Crippen LogP contribution >= 0.6 is 11.6 Å². The molecule has 2 aromatic heterocycles. The Bertz CT molecular complexity index is 1010. The Morgan fingerprint density at radius 3 is 2.90 bits per heavy atom. The third-order valence-corrected chi connectivity index (χ3v) is 5.47. The molecule has 0 spiro atoms. The molecule has 3 heterocycles. The molecule has 0 N–H and O–H groups in total. The number of likely N-dealkylation sites (tertiary alicyclic amines) is 1. The summed E-state index contributed by atoms with van der Waals surface area (Å²) < 4.78 is 0. The van der Waals surface area contributed by atoms with Crippen molar-refractivity contribution in [2.45, 2.75) is 32.1 Å². The molecule has 5 nitrogen and oxygen atoms in total. The molecule has 6 heteroatoms. The lowest BCUT2D eigenvalue weighted by Crippen LogP contribution is -2.39. The van der Waals surface area contributed by atoms with Crippen molar-refractivity contribution in [3.8, 4) is 0 Å². The maximum absolute atomic E-state index is 12.8. The van der Waals surface area contributed by atoms with E-state index < -0.39 is 0 Å². The van der Waals surface area contributed by atoms with E-state index in [9.17, 15) is 4.79 Å². The average Bonchev–Trinajstić information content (AvgIpc) is 2.73. The van der Waals surface area contributed by atoms with E-state index in [4.69, 9.17) is 16.6 Å². The highest BCUT2D eigenvalue weighted by Gasteiger charge is 2.27. The lowest BCUT2D eigenvalue weighted by molar-refractivity contribution is 0.0699. The lowest BCUT2D eigenvalue weighted by Gasteiger charge is -2.32. The maximum atomic E-state index is 12.8. The predicted molar refractivity (Wildman–Crippen MR) is 113 cm³/mol. The molecule has 1 aliphatic heterocycles. The van der Waals surface area contributed by atoms with Crippen molar-refractivity contribution >= 4 is 17.5 Å². The SMILES string of the molecule is Cc1cc(Cc2cccc(Cl)c2)cc(C2CCCN(C(=O)c3cnccn3)C2)n1. The fourth-order valence-corrected chi connectivity index (χ4v) is 4.15. The van der Waals surface area contributed by atoms with Gasteiger partial charge >= 0.3 is 0 Å². The number of benzene rings is 1. The Hall–Kier alpha value is -2.79. The highest BCUT2D eigenvalue weighted by Crippen LogP contribution is 2.28. The molecule has 1 atom stereocenters. The first-order valence-corrected chi connectivity index (χ1v) is 10.2. The van der Waals surface area contributed by atoms with Crippen molar-refractivity contribution in [2.75, 3.05) is 13.1 Å². The molecule has 148 valence electrons. The highest BCUT2D eigenvalue weighted by molar-refractivity contribution is 6.30. The number of nitrogens with zero attached hydrogens (tertiary/aromatic N) is 4. The normalized spacial score (nSPS) is 16.6. The molecule has 0 bridgehead atoms. The molecular weight excluding hydrogens is 384 g/mol. The van der Waals surface area contributed by atoms with Crippen molar-refractivity contribution in [1.29, 1.82) is 0 Å². The summed E-state index contributed by atoms with van der Waals surface area (Å²) >= 11 is 6.13. The third-order valence-electron chi connectivity index (χ3n) is 5.24. The number of hydrogen-bond donors (Lipinski definition) is 0. The summed E-state index contributed by atoms with van der Waals surface area (Å²) in [5.74, 6) is 0.164. The summed E-state index contributed by atoms with van der Waals surface area (Å²) in [7, 11) is 0. The molecule has 29 heavy (non-hydrogen) atoms. The zero-order chi connectivity index (χ0) is 20.2. The second-order valence-electron chi connectivity index (χ2n) is 7.53. The van der Waals surface area contributed by atoms with Crippen molar-refractivity contribution in [3.63, 3.8) is 0 Å². The molecule has 1 fully saturated rings. The van der Waals surface area contributed by atoms with Crippen molar-refractivity contribution in [1.82, 2.24) is 19.9 Å². The minimum Gasteiger partial charge on any atom is -0.337 e. The van der Waals surface area contributed by atoms with Gasteiger partial charge in [0.2, 0.25) is 0 Å². The van der Waals surface area contributed by atoms with Crippen LogP contribution in [0.2, 0.25) is 5.02 Å². The van der Waals surface area contributed by atoms with Gasteiger partial charge in [-0.25, -0.2) is 4.98 Å². The Morgan fingerprint density at radius 1 is 1.21 bits per heavy atom. The largest absolute Gasteiger partial charge is 0.337 e. The molecule has 3 aromatic rings. The number of piperidine rings is 1. The predicted octanol–water partition coefficient (Wildman–Crippen LogP) is 4.44. The van der Waals surface area contributed by atoms with Crippen LogP contribution < -0.4 is 0 Å². The van der Waals surface area contributed by atoms with Crippen LogP contribution in [-0.2, 0) is 6.42 Å².